The third-order valence-electron chi connectivity index (χ3n) is 2.12. The zero-order valence-electron chi connectivity index (χ0n) is 7.62. The van der Waals surface area contributed by atoms with Gasteiger partial charge in [-0.3, -0.25) is 5.10 Å². The minimum absolute atomic E-state index is 0.361. The second-order valence-corrected chi connectivity index (χ2v) is 3.01. The average molecular weight is 201 g/mol. The first-order chi connectivity index (χ1) is 7.36. The molecule has 0 atom stereocenters. The topological polar surface area (TPSA) is 97.8 Å². The molecule has 3 N–H and O–H groups in total. The van der Waals surface area contributed by atoms with Crippen molar-refractivity contribution in [2.24, 2.45) is 0 Å². The molecule has 0 aromatic carbocycles. The molecule has 0 aliphatic rings. The Balaban J connectivity index is 2.34. The molecule has 0 amide bonds. The first-order valence-corrected chi connectivity index (χ1v) is 4.29. The summed E-state index contributed by atoms with van der Waals surface area (Å²) in [5, 5.41) is 10.7. The van der Waals surface area contributed by atoms with Crippen LogP contribution in [0.5, 0.6) is 0 Å². The van der Waals surface area contributed by atoms with Crippen molar-refractivity contribution < 1.29 is 0 Å². The number of anilines is 1. The van der Waals surface area contributed by atoms with E-state index in [1.54, 1.807) is 23.1 Å². The minimum atomic E-state index is 0.361. The molecule has 74 valence electrons. The standard InChI is InChI=1S/C8H7N7/c9-7-8-10-3-6(5-1-12-13-2-5)15(8)14-4-11-7/h1-4H,(H,12,13)(H2,9,11,14). The summed E-state index contributed by atoms with van der Waals surface area (Å²) in [6.07, 6.45) is 6.54. The largest absolute Gasteiger partial charge is 0.381 e. The van der Waals surface area contributed by atoms with Gasteiger partial charge in [0.05, 0.1) is 18.1 Å². The molecule has 0 saturated carbocycles. The molecule has 3 aromatic heterocycles. The van der Waals surface area contributed by atoms with E-state index in [0.717, 1.165) is 11.3 Å². The smallest absolute Gasteiger partial charge is 0.197 e. The van der Waals surface area contributed by atoms with E-state index in [1.165, 1.54) is 6.33 Å². The van der Waals surface area contributed by atoms with Gasteiger partial charge in [-0.15, -0.1) is 0 Å². The second kappa shape index (κ2) is 2.77. The molecular weight excluding hydrogens is 194 g/mol. The highest BCUT2D eigenvalue weighted by atomic mass is 15.3. The van der Waals surface area contributed by atoms with Crippen LogP contribution in [0.15, 0.2) is 24.9 Å². The average Bonchev–Trinajstić information content (AvgIpc) is 2.85. The fourth-order valence-electron chi connectivity index (χ4n) is 1.42. The van der Waals surface area contributed by atoms with E-state index >= 15 is 0 Å². The number of hydrogen-bond acceptors (Lipinski definition) is 5. The van der Waals surface area contributed by atoms with Crippen LogP contribution in [-0.2, 0) is 0 Å². The molecule has 0 fully saturated rings. The van der Waals surface area contributed by atoms with E-state index in [0.29, 0.717) is 11.5 Å². The summed E-state index contributed by atoms with van der Waals surface area (Å²) in [5.41, 5.74) is 7.94. The lowest BCUT2D eigenvalue weighted by Gasteiger charge is -1.97. The molecule has 15 heavy (non-hydrogen) atoms. The van der Waals surface area contributed by atoms with Crippen molar-refractivity contribution in [2.75, 3.05) is 5.73 Å². The molecule has 0 radical (unpaired) electrons. The maximum absolute atomic E-state index is 5.67. The lowest BCUT2D eigenvalue weighted by Crippen LogP contribution is -2.00. The number of aromatic amines is 1. The number of fused-ring (bicyclic) bond motifs is 1. The van der Waals surface area contributed by atoms with E-state index in [4.69, 9.17) is 5.73 Å². The molecular formula is C8H7N7. The molecule has 0 spiro atoms. The summed E-state index contributed by atoms with van der Waals surface area (Å²) < 4.78 is 1.63. The van der Waals surface area contributed by atoms with E-state index < -0.39 is 0 Å². The van der Waals surface area contributed by atoms with Crippen LogP contribution >= 0.6 is 0 Å². The molecule has 0 bridgehead atoms. The van der Waals surface area contributed by atoms with Gasteiger partial charge in [0.2, 0.25) is 0 Å². The van der Waals surface area contributed by atoms with Gasteiger partial charge in [-0.05, 0) is 0 Å². The van der Waals surface area contributed by atoms with Gasteiger partial charge in [-0.2, -0.15) is 10.2 Å². The van der Waals surface area contributed by atoms with Crippen molar-refractivity contribution in [3.63, 3.8) is 0 Å². The predicted molar refractivity (Wildman–Crippen MR) is 52.8 cm³/mol. The van der Waals surface area contributed by atoms with Crippen LogP contribution in [-0.4, -0.2) is 29.8 Å². The van der Waals surface area contributed by atoms with Gasteiger partial charge in [0, 0.05) is 11.8 Å². The summed E-state index contributed by atoms with van der Waals surface area (Å²) in [6, 6.07) is 0. The third-order valence-corrected chi connectivity index (χ3v) is 2.12. The lowest BCUT2D eigenvalue weighted by molar-refractivity contribution is 0.908. The third kappa shape index (κ3) is 1.06. The highest BCUT2D eigenvalue weighted by molar-refractivity contribution is 5.67. The Bertz CT molecular complexity index is 595. The molecule has 0 unspecified atom stereocenters. The number of H-pyrrole nitrogens is 1. The fourth-order valence-corrected chi connectivity index (χ4v) is 1.42. The van der Waals surface area contributed by atoms with Crippen LogP contribution < -0.4 is 5.73 Å². The van der Waals surface area contributed by atoms with Crippen molar-refractivity contribution in [1.82, 2.24) is 29.8 Å². The SMILES string of the molecule is Nc1ncnn2c(-c3cn[nH]c3)cnc12. The zero-order valence-corrected chi connectivity index (χ0v) is 7.62. The number of nitrogen functional groups attached to an aromatic ring is 1. The summed E-state index contributed by atoms with van der Waals surface area (Å²) in [6.45, 7) is 0. The van der Waals surface area contributed by atoms with Gasteiger partial charge >= 0.3 is 0 Å². The van der Waals surface area contributed by atoms with Crippen molar-refractivity contribution in [3.05, 3.63) is 24.9 Å². The van der Waals surface area contributed by atoms with Gasteiger partial charge in [0.1, 0.15) is 6.33 Å². The summed E-state index contributed by atoms with van der Waals surface area (Å²) >= 11 is 0. The molecule has 7 nitrogen and oxygen atoms in total. The van der Waals surface area contributed by atoms with Gasteiger partial charge in [0.25, 0.3) is 0 Å². The van der Waals surface area contributed by atoms with Crippen LogP contribution in [0.3, 0.4) is 0 Å². The second-order valence-electron chi connectivity index (χ2n) is 3.01. The van der Waals surface area contributed by atoms with Crippen LogP contribution in [0.2, 0.25) is 0 Å². The summed E-state index contributed by atoms with van der Waals surface area (Å²) in [5.74, 6) is 0.361. The van der Waals surface area contributed by atoms with Crippen molar-refractivity contribution in [3.8, 4) is 11.3 Å². The van der Waals surface area contributed by atoms with Crippen molar-refractivity contribution in [2.45, 2.75) is 0 Å². The molecule has 7 heteroatoms. The van der Waals surface area contributed by atoms with Crippen LogP contribution in [0.25, 0.3) is 16.9 Å². The quantitative estimate of drug-likeness (QED) is 0.581. The number of rotatable bonds is 1. The predicted octanol–water partition coefficient (Wildman–Crippen LogP) is 0.0966. The summed E-state index contributed by atoms with van der Waals surface area (Å²) in [7, 11) is 0. The number of nitrogens with zero attached hydrogens (tertiary/aromatic N) is 5. The van der Waals surface area contributed by atoms with E-state index in [9.17, 15) is 0 Å². The van der Waals surface area contributed by atoms with Gasteiger partial charge in [-0.25, -0.2) is 14.5 Å². The Morgan fingerprint density at radius 2 is 2.20 bits per heavy atom. The van der Waals surface area contributed by atoms with Crippen LogP contribution in [0.1, 0.15) is 0 Å². The Hall–Kier alpha value is -2.44. The van der Waals surface area contributed by atoms with Gasteiger partial charge in [0.15, 0.2) is 11.5 Å². The first kappa shape index (κ1) is 7.92. The Kier molecular flexibility index (Phi) is 1.46. The van der Waals surface area contributed by atoms with Crippen molar-refractivity contribution >= 4 is 11.5 Å². The first-order valence-electron chi connectivity index (χ1n) is 4.29. The van der Waals surface area contributed by atoms with E-state index in [-0.39, 0.29) is 0 Å². The van der Waals surface area contributed by atoms with Crippen molar-refractivity contribution in [1.29, 1.82) is 0 Å². The van der Waals surface area contributed by atoms with Gasteiger partial charge < -0.3 is 5.73 Å². The molecule has 0 saturated heterocycles. The van der Waals surface area contributed by atoms with Gasteiger partial charge in [-0.1, -0.05) is 0 Å². The lowest BCUT2D eigenvalue weighted by atomic mass is 10.3. The Morgan fingerprint density at radius 1 is 1.27 bits per heavy atom. The highest BCUT2D eigenvalue weighted by Crippen LogP contribution is 2.19. The maximum atomic E-state index is 5.67. The number of imidazole rings is 1. The summed E-state index contributed by atoms with van der Waals surface area (Å²) in [4.78, 5) is 8.01. The van der Waals surface area contributed by atoms with E-state index in [2.05, 4.69) is 25.3 Å². The number of aromatic nitrogens is 6. The monoisotopic (exact) mass is 201 g/mol. The maximum Gasteiger partial charge on any atom is 0.197 e. The Morgan fingerprint density at radius 3 is 3.00 bits per heavy atom. The van der Waals surface area contributed by atoms with Crippen LogP contribution in [0, 0.1) is 0 Å². The number of hydrogen-bond donors (Lipinski definition) is 2. The number of nitrogens with one attached hydrogen (secondary N) is 1. The molecule has 3 heterocycles. The molecule has 0 aliphatic heterocycles. The highest BCUT2D eigenvalue weighted by Gasteiger charge is 2.09. The number of nitrogens with two attached hydrogens (primary N) is 1. The molecule has 0 aliphatic carbocycles. The van der Waals surface area contributed by atoms with E-state index in [1.807, 2.05) is 0 Å². The fraction of sp³-hybridized carbons (Fsp3) is 0. The molecule has 3 rings (SSSR count). The normalized spacial score (nSPS) is 10.9. The minimum Gasteiger partial charge on any atom is -0.381 e. The molecule has 3 aromatic rings. The van der Waals surface area contributed by atoms with Crippen LogP contribution in [0.4, 0.5) is 5.82 Å². The zero-order chi connectivity index (χ0) is 10.3. The Labute approximate surface area is 84.0 Å².